The average molecular weight is 246 g/mol. The van der Waals surface area contributed by atoms with Gasteiger partial charge in [0.05, 0.1) is 0 Å². The first kappa shape index (κ1) is 13.6. The smallest absolute Gasteiger partial charge is 0.0208 e. The van der Waals surface area contributed by atoms with Crippen LogP contribution in [0.5, 0.6) is 0 Å². The predicted molar refractivity (Wildman–Crippen MR) is 77.8 cm³/mol. The summed E-state index contributed by atoms with van der Waals surface area (Å²) in [4.78, 5) is 2.47. The lowest BCUT2D eigenvalue weighted by molar-refractivity contribution is 0.213. The Hall–Kier alpha value is -0.860. The van der Waals surface area contributed by atoms with Crippen molar-refractivity contribution in [3.63, 3.8) is 0 Å². The molecule has 0 bridgehead atoms. The van der Waals surface area contributed by atoms with Crippen molar-refractivity contribution in [3.8, 4) is 0 Å². The Morgan fingerprint density at radius 2 is 2.00 bits per heavy atom. The molecule has 2 nitrogen and oxygen atoms in total. The first-order valence-corrected chi connectivity index (χ1v) is 6.93. The fraction of sp³-hybridized carbons (Fsp3) is 0.625. The van der Waals surface area contributed by atoms with E-state index in [1.165, 1.54) is 11.1 Å². The molecule has 0 aromatic heterocycles. The summed E-state index contributed by atoms with van der Waals surface area (Å²) in [7, 11) is 2.24. The molecule has 0 spiro atoms. The van der Waals surface area contributed by atoms with Crippen molar-refractivity contribution in [2.24, 2.45) is 5.41 Å². The Bertz CT molecular complexity index is 392. The molecule has 1 unspecified atom stereocenters. The Balaban J connectivity index is 2.03. The van der Waals surface area contributed by atoms with E-state index in [2.05, 4.69) is 62.3 Å². The summed E-state index contributed by atoms with van der Waals surface area (Å²) < 4.78 is 0. The number of fused-ring (bicyclic) bond motifs is 1. The van der Waals surface area contributed by atoms with E-state index in [0.717, 1.165) is 26.2 Å². The average Bonchev–Trinajstić information content (AvgIpc) is 2.27. The maximum absolute atomic E-state index is 3.53. The van der Waals surface area contributed by atoms with Gasteiger partial charge < -0.3 is 10.2 Å². The van der Waals surface area contributed by atoms with Crippen LogP contribution in [0.1, 0.15) is 37.8 Å². The van der Waals surface area contributed by atoms with Crippen LogP contribution >= 0.6 is 0 Å². The van der Waals surface area contributed by atoms with Crippen LogP contribution in [-0.4, -0.2) is 31.6 Å². The quantitative estimate of drug-likeness (QED) is 0.882. The predicted octanol–water partition coefficient (Wildman–Crippen LogP) is 2.85. The van der Waals surface area contributed by atoms with Crippen molar-refractivity contribution in [2.45, 2.75) is 33.2 Å². The third-order valence-corrected chi connectivity index (χ3v) is 3.48. The number of nitrogens with one attached hydrogen (secondary N) is 1. The number of benzene rings is 1. The summed E-state index contributed by atoms with van der Waals surface area (Å²) in [5, 5.41) is 3.53. The molecule has 100 valence electrons. The molecule has 1 aliphatic heterocycles. The lowest BCUT2D eigenvalue weighted by atomic mass is 9.89. The maximum atomic E-state index is 3.53. The van der Waals surface area contributed by atoms with Gasteiger partial charge in [-0.3, -0.25) is 0 Å². The molecular formula is C16H26N2. The van der Waals surface area contributed by atoms with Gasteiger partial charge in [0.25, 0.3) is 0 Å². The van der Waals surface area contributed by atoms with Gasteiger partial charge in [-0.05, 0) is 23.6 Å². The molecule has 0 saturated heterocycles. The second-order valence-electron chi connectivity index (χ2n) is 6.78. The highest BCUT2D eigenvalue weighted by molar-refractivity contribution is 5.32. The molecule has 1 aromatic carbocycles. The minimum Gasteiger partial charge on any atom is -0.312 e. The molecule has 18 heavy (non-hydrogen) atoms. The van der Waals surface area contributed by atoms with Crippen molar-refractivity contribution < 1.29 is 0 Å². The van der Waals surface area contributed by atoms with Crippen LogP contribution in [0.2, 0.25) is 0 Å². The number of rotatable bonds is 3. The fourth-order valence-electron chi connectivity index (χ4n) is 3.00. The van der Waals surface area contributed by atoms with Crippen molar-refractivity contribution in [2.75, 3.05) is 26.7 Å². The second-order valence-corrected chi connectivity index (χ2v) is 6.78. The van der Waals surface area contributed by atoms with E-state index in [4.69, 9.17) is 0 Å². The van der Waals surface area contributed by atoms with Crippen LogP contribution in [0.3, 0.4) is 0 Å². The van der Waals surface area contributed by atoms with Crippen LogP contribution in [0, 0.1) is 5.41 Å². The molecule has 1 aromatic rings. The van der Waals surface area contributed by atoms with E-state index >= 15 is 0 Å². The van der Waals surface area contributed by atoms with E-state index in [9.17, 15) is 0 Å². The van der Waals surface area contributed by atoms with Gasteiger partial charge in [-0.15, -0.1) is 0 Å². The molecule has 1 heterocycles. The highest BCUT2D eigenvalue weighted by atomic mass is 15.1. The third-order valence-electron chi connectivity index (χ3n) is 3.48. The standard InChI is InChI=1S/C16H26N2/c1-16(2,3)12-18(4)11-14-10-17-9-13-7-5-6-8-15(13)14/h5-8,14,17H,9-12H2,1-4H3. The van der Waals surface area contributed by atoms with Crippen LogP contribution < -0.4 is 5.32 Å². The largest absolute Gasteiger partial charge is 0.312 e. The van der Waals surface area contributed by atoms with E-state index in [1.807, 2.05) is 0 Å². The van der Waals surface area contributed by atoms with Gasteiger partial charge in [-0.25, -0.2) is 0 Å². The topological polar surface area (TPSA) is 15.3 Å². The van der Waals surface area contributed by atoms with Gasteiger partial charge in [0, 0.05) is 32.1 Å². The lowest BCUT2D eigenvalue weighted by Crippen LogP contribution is -2.38. The van der Waals surface area contributed by atoms with E-state index in [-0.39, 0.29) is 0 Å². The molecule has 0 radical (unpaired) electrons. The van der Waals surface area contributed by atoms with Crippen molar-refractivity contribution in [1.29, 1.82) is 0 Å². The van der Waals surface area contributed by atoms with Crippen molar-refractivity contribution >= 4 is 0 Å². The first-order valence-electron chi connectivity index (χ1n) is 6.93. The second kappa shape index (κ2) is 5.41. The zero-order valence-electron chi connectivity index (χ0n) is 12.2. The lowest BCUT2D eigenvalue weighted by Gasteiger charge is -2.33. The summed E-state index contributed by atoms with van der Waals surface area (Å²) in [5.41, 5.74) is 3.38. The zero-order chi connectivity index (χ0) is 13.2. The van der Waals surface area contributed by atoms with Gasteiger partial charge >= 0.3 is 0 Å². The molecule has 2 heteroatoms. The Kier molecular flexibility index (Phi) is 4.08. The van der Waals surface area contributed by atoms with Crippen LogP contribution in [0.15, 0.2) is 24.3 Å². The monoisotopic (exact) mass is 246 g/mol. The minimum absolute atomic E-state index is 0.371. The molecule has 0 amide bonds. The molecule has 2 rings (SSSR count). The maximum Gasteiger partial charge on any atom is 0.0208 e. The zero-order valence-corrected chi connectivity index (χ0v) is 12.2. The summed E-state index contributed by atoms with van der Waals surface area (Å²) in [6.07, 6.45) is 0. The van der Waals surface area contributed by atoms with E-state index < -0.39 is 0 Å². The van der Waals surface area contributed by atoms with Crippen molar-refractivity contribution in [1.82, 2.24) is 10.2 Å². The summed E-state index contributed by atoms with van der Waals surface area (Å²) in [6.45, 7) is 11.3. The van der Waals surface area contributed by atoms with Crippen molar-refractivity contribution in [3.05, 3.63) is 35.4 Å². The third kappa shape index (κ3) is 3.56. The van der Waals surface area contributed by atoms with Gasteiger partial charge in [0.15, 0.2) is 0 Å². The Labute approximate surface area is 111 Å². The van der Waals surface area contributed by atoms with Gasteiger partial charge in [-0.1, -0.05) is 45.0 Å². The summed E-state index contributed by atoms with van der Waals surface area (Å²) in [6, 6.07) is 8.85. The Morgan fingerprint density at radius 3 is 2.72 bits per heavy atom. The Morgan fingerprint density at radius 1 is 1.28 bits per heavy atom. The highest BCUT2D eigenvalue weighted by Gasteiger charge is 2.22. The fourth-order valence-corrected chi connectivity index (χ4v) is 3.00. The van der Waals surface area contributed by atoms with Gasteiger partial charge in [0.2, 0.25) is 0 Å². The normalized spacial score (nSPS) is 19.9. The first-order chi connectivity index (χ1) is 8.46. The highest BCUT2D eigenvalue weighted by Crippen LogP contribution is 2.25. The number of hydrogen-bond acceptors (Lipinski definition) is 2. The molecule has 1 N–H and O–H groups in total. The number of nitrogens with zero attached hydrogens (tertiary/aromatic N) is 1. The summed E-state index contributed by atoms with van der Waals surface area (Å²) in [5.74, 6) is 0.627. The number of hydrogen-bond donors (Lipinski definition) is 1. The van der Waals surface area contributed by atoms with Crippen LogP contribution in [0.4, 0.5) is 0 Å². The van der Waals surface area contributed by atoms with Gasteiger partial charge in [0.1, 0.15) is 0 Å². The molecule has 1 atom stereocenters. The van der Waals surface area contributed by atoms with Gasteiger partial charge in [-0.2, -0.15) is 0 Å². The molecular weight excluding hydrogens is 220 g/mol. The molecule has 0 aliphatic carbocycles. The molecule has 0 saturated carbocycles. The molecule has 0 fully saturated rings. The van der Waals surface area contributed by atoms with Crippen LogP contribution in [0.25, 0.3) is 0 Å². The minimum atomic E-state index is 0.371. The van der Waals surface area contributed by atoms with Crippen LogP contribution in [-0.2, 0) is 6.54 Å². The van der Waals surface area contributed by atoms with E-state index in [0.29, 0.717) is 11.3 Å². The molecule has 1 aliphatic rings. The summed E-state index contributed by atoms with van der Waals surface area (Å²) >= 11 is 0. The number of likely N-dealkylation sites (N-methyl/N-ethyl adjacent to an activating group) is 1. The SMILES string of the molecule is CN(CC1CNCc2ccccc21)CC(C)(C)C. The van der Waals surface area contributed by atoms with E-state index in [1.54, 1.807) is 0 Å².